The van der Waals surface area contributed by atoms with E-state index in [9.17, 15) is 14.7 Å². The van der Waals surface area contributed by atoms with Crippen LogP contribution >= 0.6 is 0 Å². The third-order valence-corrected chi connectivity index (χ3v) is 1.69. The third-order valence-electron chi connectivity index (χ3n) is 1.69. The van der Waals surface area contributed by atoms with E-state index in [0.29, 0.717) is 0 Å². The van der Waals surface area contributed by atoms with Crippen LogP contribution in [0.2, 0.25) is 0 Å². The topological polar surface area (TPSA) is 97.8 Å². The molecule has 6 heteroatoms. The molecule has 0 aromatic rings. The van der Waals surface area contributed by atoms with E-state index in [1.54, 1.807) is 0 Å². The molecule has 2 unspecified atom stereocenters. The molecular weight excluding hydrogens is 166 g/mol. The van der Waals surface area contributed by atoms with Gasteiger partial charge in [0.1, 0.15) is 5.72 Å². The van der Waals surface area contributed by atoms with Crippen LogP contribution in [0.5, 0.6) is 0 Å². The molecule has 0 radical (unpaired) electrons. The van der Waals surface area contributed by atoms with Crippen LogP contribution in [0, 0.1) is 0 Å². The fourth-order valence-corrected chi connectivity index (χ4v) is 1.05. The van der Waals surface area contributed by atoms with E-state index in [-0.39, 0.29) is 13.1 Å². The van der Waals surface area contributed by atoms with Crippen LogP contribution in [0.1, 0.15) is 6.42 Å². The first kappa shape index (κ1) is 8.95. The van der Waals surface area contributed by atoms with E-state index in [1.807, 2.05) is 0 Å². The van der Waals surface area contributed by atoms with Gasteiger partial charge in [0.15, 0.2) is 0 Å². The number of β-amino-alcohol motifs (C(OH)–C–C–N with tert-alkyl or cyclic N) is 1. The molecule has 0 bridgehead atoms. The Kier molecular flexibility index (Phi) is 2.03. The van der Waals surface area contributed by atoms with Crippen LogP contribution in [0.15, 0.2) is 0 Å². The van der Waals surface area contributed by atoms with E-state index < -0.39 is 24.1 Å². The number of hydrogen-bond donors (Lipinski definition) is 3. The van der Waals surface area contributed by atoms with Gasteiger partial charge >= 0.3 is 11.9 Å². The third kappa shape index (κ3) is 1.93. The van der Waals surface area contributed by atoms with Crippen molar-refractivity contribution in [3.8, 4) is 0 Å². The van der Waals surface area contributed by atoms with Gasteiger partial charge in [-0.25, -0.2) is 0 Å². The van der Waals surface area contributed by atoms with Gasteiger partial charge in [-0.05, 0) is 0 Å². The number of aliphatic carboxylic acids is 2. The van der Waals surface area contributed by atoms with Crippen molar-refractivity contribution in [3.05, 3.63) is 0 Å². The second-order valence-corrected chi connectivity index (χ2v) is 2.80. The summed E-state index contributed by atoms with van der Waals surface area (Å²) in [4.78, 5) is 21.5. The van der Waals surface area contributed by atoms with Crippen molar-refractivity contribution < 1.29 is 24.9 Å². The number of hydrogen-bond acceptors (Lipinski definition) is 4. The quantitative estimate of drug-likeness (QED) is 0.452. The van der Waals surface area contributed by atoms with Crippen molar-refractivity contribution >= 4 is 11.9 Å². The van der Waals surface area contributed by atoms with Gasteiger partial charge in [0.25, 0.3) is 0 Å². The molecular formula is C6H9NO5. The summed E-state index contributed by atoms with van der Waals surface area (Å²) in [7, 11) is 0. The maximum Gasteiger partial charge on any atom is 0.317 e. The van der Waals surface area contributed by atoms with Gasteiger partial charge in [0, 0.05) is 6.54 Å². The van der Waals surface area contributed by atoms with Crippen LogP contribution in [0.3, 0.4) is 0 Å². The van der Waals surface area contributed by atoms with Crippen LogP contribution in [-0.2, 0) is 9.59 Å². The molecule has 0 saturated carbocycles. The molecule has 0 aliphatic carbocycles. The first-order chi connectivity index (χ1) is 5.44. The predicted molar refractivity (Wildman–Crippen MR) is 36.4 cm³/mol. The smallest absolute Gasteiger partial charge is 0.317 e. The Balaban J connectivity index is 2.37. The number of nitrogens with zero attached hydrogens (tertiary/aromatic N) is 1. The Hall–Kier alpha value is -1.14. The Morgan fingerprint density at radius 3 is 2.33 bits per heavy atom. The number of aliphatic hydroxyl groups is 1. The summed E-state index contributed by atoms with van der Waals surface area (Å²) in [5, 5.41) is 25.9. The summed E-state index contributed by atoms with van der Waals surface area (Å²) in [6.45, 7) is -0.199. The zero-order chi connectivity index (χ0) is 9.35. The van der Waals surface area contributed by atoms with E-state index in [2.05, 4.69) is 0 Å². The SMILES string of the molecule is O=C(O)CN1CC1(O)CC(=O)O. The van der Waals surface area contributed by atoms with Gasteiger partial charge < -0.3 is 15.3 Å². The minimum atomic E-state index is -1.43. The van der Waals surface area contributed by atoms with E-state index in [1.165, 1.54) is 4.90 Å². The van der Waals surface area contributed by atoms with Crippen molar-refractivity contribution in [1.29, 1.82) is 0 Å². The Morgan fingerprint density at radius 1 is 1.33 bits per heavy atom. The second-order valence-electron chi connectivity index (χ2n) is 2.80. The molecule has 1 heterocycles. The van der Waals surface area contributed by atoms with Crippen molar-refractivity contribution in [1.82, 2.24) is 4.90 Å². The monoisotopic (exact) mass is 175 g/mol. The minimum Gasteiger partial charge on any atom is -0.481 e. The standard InChI is InChI=1S/C6H9NO5/c8-4(9)1-6(12)3-7(6)2-5(10)11/h12H,1-3H2,(H,8,9)(H,10,11). The first-order valence-corrected chi connectivity index (χ1v) is 3.35. The highest BCUT2D eigenvalue weighted by Gasteiger charge is 2.52. The van der Waals surface area contributed by atoms with Gasteiger partial charge in [-0.2, -0.15) is 0 Å². The predicted octanol–water partition coefficient (Wildman–Crippen LogP) is -1.45. The summed E-state index contributed by atoms with van der Waals surface area (Å²) >= 11 is 0. The molecule has 0 spiro atoms. The molecule has 1 aliphatic rings. The summed E-state index contributed by atoms with van der Waals surface area (Å²) in [6.07, 6.45) is -0.430. The lowest BCUT2D eigenvalue weighted by Crippen LogP contribution is -2.25. The van der Waals surface area contributed by atoms with E-state index in [0.717, 1.165) is 0 Å². The van der Waals surface area contributed by atoms with Crippen molar-refractivity contribution in [2.45, 2.75) is 12.1 Å². The Morgan fingerprint density at radius 2 is 1.92 bits per heavy atom. The second kappa shape index (κ2) is 2.72. The molecule has 3 N–H and O–H groups in total. The molecule has 1 rings (SSSR count). The van der Waals surface area contributed by atoms with Crippen molar-refractivity contribution in [3.63, 3.8) is 0 Å². The van der Waals surface area contributed by atoms with Crippen molar-refractivity contribution in [2.75, 3.05) is 13.1 Å². The zero-order valence-electron chi connectivity index (χ0n) is 6.23. The largest absolute Gasteiger partial charge is 0.481 e. The zero-order valence-corrected chi connectivity index (χ0v) is 6.23. The average molecular weight is 175 g/mol. The lowest BCUT2D eigenvalue weighted by atomic mass is 10.3. The number of rotatable bonds is 4. The molecule has 0 aromatic carbocycles. The lowest BCUT2D eigenvalue weighted by Gasteiger charge is -2.05. The van der Waals surface area contributed by atoms with Gasteiger partial charge in [-0.15, -0.1) is 0 Å². The normalized spacial score (nSPS) is 32.9. The highest BCUT2D eigenvalue weighted by molar-refractivity contribution is 5.71. The van der Waals surface area contributed by atoms with Crippen LogP contribution in [-0.4, -0.2) is 51.0 Å². The van der Waals surface area contributed by atoms with Gasteiger partial charge in [0.05, 0.1) is 13.0 Å². The van der Waals surface area contributed by atoms with Crippen LogP contribution < -0.4 is 0 Å². The van der Waals surface area contributed by atoms with Gasteiger partial charge in [-0.3, -0.25) is 14.5 Å². The van der Waals surface area contributed by atoms with Gasteiger partial charge in [-0.1, -0.05) is 0 Å². The molecule has 68 valence electrons. The number of carboxylic acid groups (broad SMARTS) is 2. The summed E-state index contributed by atoms with van der Waals surface area (Å²) in [5.41, 5.74) is -1.43. The number of carboxylic acids is 2. The molecule has 12 heavy (non-hydrogen) atoms. The summed E-state index contributed by atoms with van der Waals surface area (Å²) in [6, 6.07) is 0. The molecule has 2 atom stereocenters. The molecule has 1 saturated heterocycles. The molecule has 1 fully saturated rings. The number of carbonyl (C=O) groups is 2. The maximum absolute atomic E-state index is 10.2. The molecule has 6 nitrogen and oxygen atoms in total. The van der Waals surface area contributed by atoms with Crippen molar-refractivity contribution in [2.24, 2.45) is 0 Å². The fraction of sp³-hybridized carbons (Fsp3) is 0.667. The van der Waals surface area contributed by atoms with E-state index >= 15 is 0 Å². The van der Waals surface area contributed by atoms with Crippen LogP contribution in [0.4, 0.5) is 0 Å². The maximum atomic E-state index is 10.2. The Bertz CT molecular complexity index is 228. The molecule has 0 aromatic heterocycles. The van der Waals surface area contributed by atoms with Crippen LogP contribution in [0.25, 0.3) is 0 Å². The minimum absolute atomic E-state index is 0.117. The molecule has 0 amide bonds. The van der Waals surface area contributed by atoms with E-state index in [4.69, 9.17) is 10.2 Å². The lowest BCUT2D eigenvalue weighted by molar-refractivity contribution is -0.143. The summed E-state index contributed by atoms with van der Waals surface area (Å²) in [5.74, 6) is -2.21. The highest BCUT2D eigenvalue weighted by atomic mass is 16.4. The Labute approximate surface area is 68.0 Å². The average Bonchev–Trinajstić information content (AvgIpc) is 2.36. The highest BCUT2D eigenvalue weighted by Crippen LogP contribution is 2.31. The summed E-state index contributed by atoms with van der Waals surface area (Å²) < 4.78 is 0. The fourth-order valence-electron chi connectivity index (χ4n) is 1.05. The first-order valence-electron chi connectivity index (χ1n) is 3.35. The van der Waals surface area contributed by atoms with Gasteiger partial charge in [0.2, 0.25) is 0 Å². The molecule has 1 aliphatic heterocycles.